The van der Waals surface area contributed by atoms with E-state index in [2.05, 4.69) is 22.8 Å². The van der Waals surface area contributed by atoms with Crippen molar-refractivity contribution in [1.29, 1.82) is 0 Å². The highest BCUT2D eigenvalue weighted by Crippen LogP contribution is 2.40. The largest absolute Gasteiger partial charge is 0.348 e. The van der Waals surface area contributed by atoms with E-state index in [9.17, 15) is 9.59 Å². The topological polar surface area (TPSA) is 63.1 Å². The molecule has 2 N–H and O–H groups in total. The fraction of sp³-hybridized carbons (Fsp3) is 0.429. The molecule has 2 atom stereocenters. The summed E-state index contributed by atoms with van der Waals surface area (Å²) in [6.07, 6.45) is 4.61. The lowest BCUT2D eigenvalue weighted by atomic mass is 10.0. The highest BCUT2D eigenvalue weighted by molar-refractivity contribution is 5.95. The van der Waals surface area contributed by atoms with Crippen molar-refractivity contribution >= 4 is 18.3 Å². The molecule has 0 spiro atoms. The van der Waals surface area contributed by atoms with Crippen LogP contribution < -0.4 is 16.2 Å². The Balaban J connectivity index is 0.00000210. The minimum atomic E-state index is -0.237. The molecule has 5 nitrogen and oxygen atoms in total. The Morgan fingerprint density at radius 1 is 1.15 bits per heavy atom. The Morgan fingerprint density at radius 3 is 2.56 bits per heavy atom. The van der Waals surface area contributed by atoms with Gasteiger partial charge < -0.3 is 15.2 Å². The third kappa shape index (κ3) is 4.09. The van der Waals surface area contributed by atoms with E-state index in [0.29, 0.717) is 11.5 Å². The number of piperidine rings is 1. The zero-order valence-corrected chi connectivity index (χ0v) is 16.3. The van der Waals surface area contributed by atoms with Gasteiger partial charge in [-0.15, -0.1) is 12.4 Å². The number of aromatic nitrogens is 1. The van der Waals surface area contributed by atoms with Gasteiger partial charge in [-0.1, -0.05) is 30.3 Å². The molecule has 1 aromatic heterocycles. The summed E-state index contributed by atoms with van der Waals surface area (Å²) in [6.45, 7) is 3.66. The zero-order valence-electron chi connectivity index (χ0n) is 15.5. The molecular formula is C21H26ClN3O2. The van der Waals surface area contributed by atoms with Gasteiger partial charge in [-0.3, -0.25) is 9.59 Å². The molecule has 1 aliphatic heterocycles. The number of aryl methyl sites for hydroxylation is 1. The van der Waals surface area contributed by atoms with Gasteiger partial charge in [-0.2, -0.15) is 0 Å². The highest BCUT2D eigenvalue weighted by atomic mass is 35.5. The highest BCUT2D eigenvalue weighted by Gasteiger charge is 2.40. The molecule has 1 aliphatic carbocycles. The number of carbonyl (C=O) groups is 1. The van der Waals surface area contributed by atoms with Crippen molar-refractivity contribution in [3.8, 4) is 0 Å². The summed E-state index contributed by atoms with van der Waals surface area (Å²) in [6, 6.07) is 12.4. The summed E-state index contributed by atoms with van der Waals surface area (Å²) in [7, 11) is 0. The van der Waals surface area contributed by atoms with Crippen molar-refractivity contribution in [2.45, 2.75) is 44.2 Å². The minimum Gasteiger partial charge on any atom is -0.348 e. The number of hydrogen-bond donors (Lipinski definition) is 2. The molecule has 0 unspecified atom stereocenters. The van der Waals surface area contributed by atoms with Crippen LogP contribution >= 0.6 is 12.4 Å². The van der Waals surface area contributed by atoms with E-state index in [1.807, 2.05) is 37.4 Å². The number of hydrogen-bond acceptors (Lipinski definition) is 3. The first-order valence-corrected chi connectivity index (χ1v) is 9.43. The second-order valence-corrected chi connectivity index (χ2v) is 7.40. The van der Waals surface area contributed by atoms with Gasteiger partial charge in [0, 0.05) is 24.2 Å². The Kier molecular flexibility index (Phi) is 6.02. The first-order chi connectivity index (χ1) is 12.6. The van der Waals surface area contributed by atoms with Gasteiger partial charge in [0.05, 0.1) is 0 Å². The van der Waals surface area contributed by atoms with Gasteiger partial charge in [-0.25, -0.2) is 0 Å². The average molecular weight is 388 g/mol. The van der Waals surface area contributed by atoms with Crippen molar-refractivity contribution in [3.63, 3.8) is 0 Å². The molecule has 1 aromatic carbocycles. The maximum atomic E-state index is 13.0. The molecule has 2 fully saturated rings. The van der Waals surface area contributed by atoms with Crippen molar-refractivity contribution in [2.24, 2.45) is 0 Å². The number of benzene rings is 1. The van der Waals surface area contributed by atoms with E-state index in [1.54, 1.807) is 4.57 Å². The van der Waals surface area contributed by atoms with Crippen molar-refractivity contribution in [3.05, 3.63) is 69.6 Å². The van der Waals surface area contributed by atoms with E-state index < -0.39 is 0 Å². The summed E-state index contributed by atoms with van der Waals surface area (Å²) in [5, 5.41) is 6.38. The molecule has 6 heteroatoms. The molecular weight excluding hydrogens is 362 g/mol. The average Bonchev–Trinajstić information content (AvgIpc) is 3.42. The molecule has 2 aromatic rings. The number of halogens is 1. The summed E-state index contributed by atoms with van der Waals surface area (Å²) in [5.74, 6) is 0.120. The normalized spacial score (nSPS) is 22.0. The van der Waals surface area contributed by atoms with Gasteiger partial charge in [0.1, 0.15) is 5.56 Å². The predicted molar refractivity (Wildman–Crippen MR) is 109 cm³/mol. The molecule has 1 saturated heterocycles. The second kappa shape index (κ2) is 8.28. The lowest BCUT2D eigenvalue weighted by Gasteiger charge is -2.25. The summed E-state index contributed by atoms with van der Waals surface area (Å²) < 4.78 is 1.75. The molecule has 0 bridgehead atoms. The zero-order chi connectivity index (χ0) is 18.1. The summed E-state index contributed by atoms with van der Waals surface area (Å²) in [4.78, 5) is 25.8. The lowest BCUT2D eigenvalue weighted by Crippen LogP contribution is -2.39. The number of rotatable bonds is 4. The van der Waals surface area contributed by atoms with Crippen LogP contribution in [-0.4, -0.2) is 29.6 Å². The SMILES string of the molecule is Cc1ccn(C2CCNCC2)c(=O)c1C(=O)N[C@@H]1C[C@H]1c1ccccc1.Cl. The van der Waals surface area contributed by atoms with Crippen molar-refractivity contribution < 1.29 is 4.79 Å². The van der Waals surface area contributed by atoms with Crippen LogP contribution in [0.5, 0.6) is 0 Å². The monoisotopic (exact) mass is 387 g/mol. The van der Waals surface area contributed by atoms with Crippen molar-refractivity contribution in [2.75, 3.05) is 13.1 Å². The van der Waals surface area contributed by atoms with E-state index >= 15 is 0 Å². The van der Waals surface area contributed by atoms with Crippen LogP contribution in [0.3, 0.4) is 0 Å². The Hall–Kier alpha value is -2.11. The molecule has 4 rings (SSSR count). The smallest absolute Gasteiger partial charge is 0.263 e. The van der Waals surface area contributed by atoms with E-state index in [1.165, 1.54) is 5.56 Å². The van der Waals surface area contributed by atoms with Crippen molar-refractivity contribution in [1.82, 2.24) is 15.2 Å². The van der Waals surface area contributed by atoms with E-state index in [4.69, 9.17) is 0 Å². The number of carbonyl (C=O) groups excluding carboxylic acids is 1. The van der Waals surface area contributed by atoms with Crippen LogP contribution in [-0.2, 0) is 0 Å². The Morgan fingerprint density at radius 2 is 1.85 bits per heavy atom. The maximum Gasteiger partial charge on any atom is 0.263 e. The number of nitrogens with zero attached hydrogens (tertiary/aromatic N) is 1. The first kappa shape index (κ1) is 19.6. The third-order valence-electron chi connectivity index (χ3n) is 5.59. The fourth-order valence-electron chi connectivity index (χ4n) is 3.95. The minimum absolute atomic E-state index is 0. The quantitative estimate of drug-likeness (QED) is 0.847. The van der Waals surface area contributed by atoms with Gasteiger partial charge >= 0.3 is 0 Å². The van der Waals surface area contributed by atoms with Gasteiger partial charge in [0.2, 0.25) is 0 Å². The van der Waals surface area contributed by atoms with Crippen LogP contribution in [0, 0.1) is 6.92 Å². The van der Waals surface area contributed by atoms with Gasteiger partial charge in [-0.05, 0) is 56.5 Å². The van der Waals surface area contributed by atoms with Crippen LogP contribution in [0.2, 0.25) is 0 Å². The standard InChI is InChI=1S/C21H25N3O2.ClH/c1-14-9-12-24(16-7-10-22-11-8-16)21(26)19(14)20(25)23-18-13-17(18)15-5-3-2-4-6-15;/h2-6,9,12,16-18,22H,7-8,10-11,13H2,1H3,(H,23,25);1H/t17-,18+;/m0./s1. The predicted octanol–water partition coefficient (Wildman–Crippen LogP) is 2.79. The molecule has 27 heavy (non-hydrogen) atoms. The summed E-state index contributed by atoms with van der Waals surface area (Å²) in [5.41, 5.74) is 2.13. The number of nitrogens with one attached hydrogen (secondary N) is 2. The Bertz CT molecular complexity index is 859. The molecule has 2 heterocycles. The van der Waals surface area contributed by atoms with Crippen LogP contribution in [0.15, 0.2) is 47.4 Å². The molecule has 2 aliphatic rings. The summed E-state index contributed by atoms with van der Waals surface area (Å²) >= 11 is 0. The van der Waals surface area contributed by atoms with E-state index in [0.717, 1.165) is 37.9 Å². The number of pyridine rings is 1. The third-order valence-corrected chi connectivity index (χ3v) is 5.59. The lowest BCUT2D eigenvalue weighted by molar-refractivity contribution is 0.0947. The number of amides is 1. The maximum absolute atomic E-state index is 13.0. The van der Waals surface area contributed by atoms with Crippen LogP contribution in [0.25, 0.3) is 0 Å². The fourth-order valence-corrected chi connectivity index (χ4v) is 3.95. The molecule has 1 amide bonds. The molecule has 0 radical (unpaired) electrons. The second-order valence-electron chi connectivity index (χ2n) is 7.40. The van der Waals surface area contributed by atoms with Gasteiger partial charge in [0.15, 0.2) is 0 Å². The Labute approximate surface area is 165 Å². The molecule has 1 saturated carbocycles. The van der Waals surface area contributed by atoms with Crippen LogP contribution in [0.4, 0.5) is 0 Å². The van der Waals surface area contributed by atoms with E-state index in [-0.39, 0.29) is 36.0 Å². The van der Waals surface area contributed by atoms with Gasteiger partial charge in [0.25, 0.3) is 11.5 Å². The van der Waals surface area contributed by atoms with Crippen LogP contribution in [0.1, 0.15) is 52.7 Å². The molecule has 144 valence electrons. The first-order valence-electron chi connectivity index (χ1n) is 9.43.